The van der Waals surface area contributed by atoms with Crippen molar-refractivity contribution in [3.8, 4) is 0 Å². The normalized spacial score (nSPS) is 10.4. The number of nitrogens with zero attached hydrogens (tertiary/aromatic N) is 1. The first-order chi connectivity index (χ1) is 8.04. The van der Waals surface area contributed by atoms with Crippen molar-refractivity contribution in [2.75, 3.05) is 12.8 Å². The third-order valence-electron chi connectivity index (χ3n) is 2.09. The molecule has 0 bridgehead atoms. The number of nitro benzene ring substituents is 1. The minimum Gasteiger partial charge on any atom is -0.469 e. The number of benzene rings is 1. The molecule has 90 valence electrons. The molecule has 0 heterocycles. The molecule has 0 fully saturated rings. The number of carbonyl (C=O) groups is 1. The Morgan fingerprint density at radius 1 is 1.59 bits per heavy atom. The van der Waals surface area contributed by atoms with Gasteiger partial charge in [0.1, 0.15) is 0 Å². The zero-order valence-electron chi connectivity index (χ0n) is 9.25. The number of nitro groups is 1. The van der Waals surface area contributed by atoms with Gasteiger partial charge in [-0.05, 0) is 11.6 Å². The van der Waals surface area contributed by atoms with E-state index in [2.05, 4.69) is 4.74 Å². The average Bonchev–Trinajstić information content (AvgIpc) is 2.30. The number of hydrogen-bond donors (Lipinski definition) is 1. The quantitative estimate of drug-likeness (QED) is 0.372. The molecule has 2 N–H and O–H groups in total. The van der Waals surface area contributed by atoms with Crippen LogP contribution >= 0.6 is 0 Å². The van der Waals surface area contributed by atoms with E-state index in [9.17, 15) is 14.9 Å². The first-order valence-corrected chi connectivity index (χ1v) is 4.82. The van der Waals surface area contributed by atoms with Crippen LogP contribution in [0.25, 0.3) is 6.08 Å². The van der Waals surface area contributed by atoms with Crippen LogP contribution in [0.5, 0.6) is 0 Å². The topological polar surface area (TPSA) is 95.5 Å². The maximum Gasteiger partial charge on any atom is 0.309 e. The lowest BCUT2D eigenvalue weighted by Crippen LogP contribution is -1.97. The lowest BCUT2D eigenvalue weighted by molar-refractivity contribution is -0.384. The Labute approximate surface area is 97.8 Å². The summed E-state index contributed by atoms with van der Waals surface area (Å²) in [6.07, 6.45) is 3.34. The summed E-state index contributed by atoms with van der Waals surface area (Å²) in [6, 6.07) is 4.16. The van der Waals surface area contributed by atoms with Crippen LogP contribution in [0.15, 0.2) is 24.3 Å². The SMILES string of the molecule is COC(=O)CC=Cc1ccc([N+](=O)[O-])cc1N. The van der Waals surface area contributed by atoms with Gasteiger partial charge in [0.15, 0.2) is 0 Å². The van der Waals surface area contributed by atoms with Crippen LogP contribution < -0.4 is 5.73 Å². The summed E-state index contributed by atoms with van der Waals surface area (Å²) in [7, 11) is 1.30. The lowest BCUT2D eigenvalue weighted by atomic mass is 10.1. The summed E-state index contributed by atoms with van der Waals surface area (Å²) in [4.78, 5) is 20.8. The Bertz CT molecular complexity index is 469. The van der Waals surface area contributed by atoms with Gasteiger partial charge in [-0.3, -0.25) is 14.9 Å². The van der Waals surface area contributed by atoms with Crippen LogP contribution in [0.2, 0.25) is 0 Å². The predicted octanol–water partition coefficient (Wildman–Crippen LogP) is 1.75. The van der Waals surface area contributed by atoms with Gasteiger partial charge in [0.25, 0.3) is 5.69 Å². The highest BCUT2D eigenvalue weighted by molar-refractivity contribution is 5.74. The fraction of sp³-hybridized carbons (Fsp3) is 0.182. The lowest BCUT2D eigenvalue weighted by Gasteiger charge is -1.99. The van der Waals surface area contributed by atoms with E-state index < -0.39 is 4.92 Å². The van der Waals surface area contributed by atoms with E-state index in [-0.39, 0.29) is 18.1 Å². The van der Waals surface area contributed by atoms with E-state index in [0.717, 1.165) is 0 Å². The molecule has 0 aromatic heterocycles. The van der Waals surface area contributed by atoms with Gasteiger partial charge < -0.3 is 10.5 Å². The third-order valence-corrected chi connectivity index (χ3v) is 2.09. The molecule has 6 nitrogen and oxygen atoms in total. The fourth-order valence-electron chi connectivity index (χ4n) is 1.19. The summed E-state index contributed by atoms with van der Waals surface area (Å²) in [5, 5.41) is 10.5. The second-order valence-corrected chi connectivity index (χ2v) is 3.25. The maximum absolute atomic E-state index is 10.8. The molecule has 0 saturated carbocycles. The van der Waals surface area contributed by atoms with Gasteiger partial charge in [-0.25, -0.2) is 0 Å². The van der Waals surface area contributed by atoms with E-state index in [1.807, 2.05) is 0 Å². The fourth-order valence-corrected chi connectivity index (χ4v) is 1.19. The standard InChI is InChI=1S/C11H12N2O4/c1-17-11(14)4-2-3-8-5-6-9(13(15)16)7-10(8)12/h2-3,5-7H,4,12H2,1H3. The van der Waals surface area contributed by atoms with Crippen LogP contribution in [-0.4, -0.2) is 18.0 Å². The van der Waals surface area contributed by atoms with Crippen molar-refractivity contribution in [3.63, 3.8) is 0 Å². The second-order valence-electron chi connectivity index (χ2n) is 3.25. The van der Waals surface area contributed by atoms with Gasteiger partial charge in [0.2, 0.25) is 0 Å². The minimum atomic E-state index is -0.516. The van der Waals surface area contributed by atoms with Crippen molar-refractivity contribution >= 4 is 23.4 Å². The number of carbonyl (C=O) groups excluding carboxylic acids is 1. The van der Waals surface area contributed by atoms with Crippen molar-refractivity contribution < 1.29 is 14.5 Å². The molecule has 1 aromatic carbocycles. The molecule has 1 rings (SSSR count). The smallest absolute Gasteiger partial charge is 0.309 e. The number of esters is 1. The number of hydrogen-bond acceptors (Lipinski definition) is 5. The third kappa shape index (κ3) is 3.60. The summed E-state index contributed by atoms with van der Waals surface area (Å²) >= 11 is 0. The summed E-state index contributed by atoms with van der Waals surface area (Å²) < 4.78 is 4.46. The summed E-state index contributed by atoms with van der Waals surface area (Å²) in [5.74, 6) is -0.360. The van der Waals surface area contributed by atoms with Gasteiger partial charge in [0.05, 0.1) is 18.5 Å². The molecule has 0 unspecified atom stereocenters. The predicted molar refractivity (Wildman–Crippen MR) is 63.2 cm³/mol. The zero-order valence-corrected chi connectivity index (χ0v) is 9.25. The molecule has 0 amide bonds. The first-order valence-electron chi connectivity index (χ1n) is 4.82. The van der Waals surface area contributed by atoms with Crippen LogP contribution in [0, 0.1) is 10.1 Å². The molecule has 6 heteroatoms. The molecule has 0 aliphatic rings. The molecule has 0 saturated heterocycles. The van der Waals surface area contributed by atoms with Crippen LogP contribution in [0.1, 0.15) is 12.0 Å². The van der Waals surface area contributed by atoms with Crippen molar-refractivity contribution in [1.29, 1.82) is 0 Å². The Morgan fingerprint density at radius 3 is 2.82 bits per heavy atom. The number of ether oxygens (including phenoxy) is 1. The van der Waals surface area contributed by atoms with E-state index in [0.29, 0.717) is 11.3 Å². The number of rotatable bonds is 4. The van der Waals surface area contributed by atoms with Gasteiger partial charge in [-0.2, -0.15) is 0 Å². The van der Waals surface area contributed by atoms with E-state index in [1.54, 1.807) is 12.2 Å². The van der Waals surface area contributed by atoms with Gasteiger partial charge >= 0.3 is 5.97 Å². The van der Waals surface area contributed by atoms with Gasteiger partial charge in [-0.15, -0.1) is 0 Å². The minimum absolute atomic E-state index is 0.0624. The maximum atomic E-state index is 10.8. The van der Waals surface area contributed by atoms with Gasteiger partial charge in [0, 0.05) is 17.8 Å². The number of anilines is 1. The molecule has 0 aliphatic carbocycles. The van der Waals surface area contributed by atoms with Crippen molar-refractivity contribution in [1.82, 2.24) is 0 Å². The molecular weight excluding hydrogens is 224 g/mol. The summed E-state index contributed by atoms with van der Waals surface area (Å²) in [6.45, 7) is 0. The van der Waals surface area contributed by atoms with Crippen LogP contribution in [0.4, 0.5) is 11.4 Å². The largest absolute Gasteiger partial charge is 0.469 e. The molecule has 0 radical (unpaired) electrons. The first kappa shape index (κ1) is 12.7. The van der Waals surface area contributed by atoms with E-state index in [1.165, 1.54) is 25.3 Å². The molecular formula is C11H12N2O4. The highest BCUT2D eigenvalue weighted by Gasteiger charge is 2.06. The molecule has 0 spiro atoms. The highest BCUT2D eigenvalue weighted by atomic mass is 16.6. The molecule has 0 atom stereocenters. The highest BCUT2D eigenvalue weighted by Crippen LogP contribution is 2.20. The number of nitrogens with two attached hydrogens (primary N) is 1. The number of methoxy groups -OCH3 is 1. The molecule has 0 aliphatic heterocycles. The Morgan fingerprint density at radius 2 is 2.29 bits per heavy atom. The van der Waals surface area contributed by atoms with Gasteiger partial charge in [-0.1, -0.05) is 12.2 Å². The second kappa shape index (κ2) is 5.64. The van der Waals surface area contributed by atoms with Crippen molar-refractivity contribution in [2.45, 2.75) is 6.42 Å². The number of non-ortho nitro benzene ring substituents is 1. The van der Waals surface area contributed by atoms with Crippen LogP contribution in [-0.2, 0) is 9.53 Å². The molecule has 17 heavy (non-hydrogen) atoms. The Hall–Kier alpha value is -2.37. The number of nitrogen functional groups attached to an aromatic ring is 1. The van der Waals surface area contributed by atoms with E-state index in [4.69, 9.17) is 5.73 Å². The Balaban J connectivity index is 2.79. The van der Waals surface area contributed by atoms with Crippen LogP contribution in [0.3, 0.4) is 0 Å². The zero-order chi connectivity index (χ0) is 12.8. The molecule has 1 aromatic rings. The Kier molecular flexibility index (Phi) is 4.21. The monoisotopic (exact) mass is 236 g/mol. The van der Waals surface area contributed by atoms with Crippen molar-refractivity contribution in [3.05, 3.63) is 40.0 Å². The average molecular weight is 236 g/mol. The van der Waals surface area contributed by atoms with Crippen molar-refractivity contribution in [2.24, 2.45) is 0 Å². The van der Waals surface area contributed by atoms with E-state index >= 15 is 0 Å². The summed E-state index contributed by atoms with van der Waals surface area (Å²) in [5.41, 5.74) is 6.49.